The van der Waals surface area contributed by atoms with Crippen LogP contribution in [-0.2, 0) is 30.9 Å². The molecule has 0 spiro atoms. The average Bonchev–Trinajstić information content (AvgIpc) is 3.29. The molecule has 4 rings (SSSR count). The van der Waals surface area contributed by atoms with Gasteiger partial charge in [0.2, 0.25) is 15.9 Å². The van der Waals surface area contributed by atoms with E-state index in [0.29, 0.717) is 16.6 Å². The number of amides is 2. The van der Waals surface area contributed by atoms with Gasteiger partial charge in [-0.1, -0.05) is 32.0 Å². The fourth-order valence-electron chi connectivity index (χ4n) is 4.25. The molecule has 0 atom stereocenters. The molecule has 0 aliphatic carbocycles. The molecular weight excluding hydrogens is 536 g/mol. The third-order valence-electron chi connectivity index (χ3n) is 6.45. The summed E-state index contributed by atoms with van der Waals surface area (Å²) in [5.41, 5.74) is 5.94. The van der Waals surface area contributed by atoms with Crippen molar-refractivity contribution in [1.82, 2.24) is 14.6 Å². The Morgan fingerprint density at radius 3 is 2.45 bits per heavy atom. The minimum absolute atomic E-state index is 0.0142. The van der Waals surface area contributed by atoms with Crippen molar-refractivity contribution in [2.24, 2.45) is 11.1 Å². The number of carbonyl (C=O) groups excluding carboxylic acids is 3. The molecular formula is C28H30N4O7S. The van der Waals surface area contributed by atoms with E-state index in [9.17, 15) is 22.8 Å². The van der Waals surface area contributed by atoms with E-state index >= 15 is 0 Å². The van der Waals surface area contributed by atoms with Crippen LogP contribution in [-0.4, -0.2) is 55.8 Å². The summed E-state index contributed by atoms with van der Waals surface area (Å²) in [6, 6.07) is 15.2. The van der Waals surface area contributed by atoms with Crippen LogP contribution in [0.3, 0.4) is 0 Å². The Kier molecular flexibility index (Phi) is 8.50. The van der Waals surface area contributed by atoms with Gasteiger partial charge in [0.05, 0.1) is 24.6 Å². The number of sulfonamides is 1. The number of hydrogen-bond acceptors (Lipinski definition) is 8. The number of aromatic nitrogens is 1. The Morgan fingerprint density at radius 2 is 1.73 bits per heavy atom. The molecule has 11 nitrogen and oxygen atoms in total. The minimum Gasteiger partial charge on any atom is -0.456 e. The number of primary amides is 1. The molecule has 0 fully saturated rings. The van der Waals surface area contributed by atoms with Gasteiger partial charge in [-0.2, -0.15) is 0 Å². The van der Waals surface area contributed by atoms with Crippen molar-refractivity contribution < 1.29 is 32.0 Å². The summed E-state index contributed by atoms with van der Waals surface area (Å²) in [6.07, 6.45) is 2.37. The Bertz CT molecular complexity index is 1650. The Hall–Kier alpha value is -4.29. The summed E-state index contributed by atoms with van der Waals surface area (Å²) < 4.78 is 39.0. The van der Waals surface area contributed by atoms with E-state index in [1.54, 1.807) is 50.5 Å². The molecule has 0 aliphatic heterocycles. The van der Waals surface area contributed by atoms with E-state index in [1.165, 1.54) is 17.0 Å². The predicted molar refractivity (Wildman–Crippen MR) is 148 cm³/mol. The van der Waals surface area contributed by atoms with E-state index in [4.69, 9.17) is 14.9 Å². The lowest BCUT2D eigenvalue weighted by Gasteiger charge is -2.31. The molecule has 4 aromatic rings. The number of furan rings is 1. The first-order chi connectivity index (χ1) is 19.0. The third kappa shape index (κ3) is 6.82. The lowest BCUT2D eigenvalue weighted by Crippen LogP contribution is -2.45. The van der Waals surface area contributed by atoms with E-state index in [2.05, 4.69) is 9.71 Å². The van der Waals surface area contributed by atoms with Crippen molar-refractivity contribution in [2.45, 2.75) is 31.7 Å². The number of benzene rings is 2. The molecule has 0 aliphatic rings. The molecule has 2 heterocycles. The second-order valence-electron chi connectivity index (χ2n) is 9.94. The number of hydrogen-bond donors (Lipinski definition) is 2. The number of rotatable bonds is 12. The summed E-state index contributed by atoms with van der Waals surface area (Å²) in [4.78, 5) is 42.7. The van der Waals surface area contributed by atoms with Crippen molar-refractivity contribution >= 4 is 49.7 Å². The van der Waals surface area contributed by atoms with Crippen molar-refractivity contribution in [3.8, 4) is 0 Å². The van der Waals surface area contributed by atoms with E-state index in [0.717, 1.165) is 10.9 Å². The van der Waals surface area contributed by atoms with Gasteiger partial charge in [0, 0.05) is 35.1 Å². The maximum atomic E-state index is 13.4. The standard InChI is InChI=1S/C28H30N4O7S/c1-28(2,11-14-38-27(29)35)26(34)32(17-19-9-12-30-13-10-19)18-20(33)16-31-40(36,37)21-7-8-25-23(15-21)22-5-3-4-6-24(22)39-25/h3-10,12-13,15,31H,11,14,16-18H2,1-2H3,(H2,29,35). The Labute approximate surface area is 231 Å². The van der Waals surface area contributed by atoms with Crippen LogP contribution in [0.25, 0.3) is 21.9 Å². The maximum absolute atomic E-state index is 13.4. The van der Waals surface area contributed by atoms with Crippen LogP contribution in [0.5, 0.6) is 0 Å². The van der Waals surface area contributed by atoms with E-state index in [1.807, 2.05) is 18.2 Å². The van der Waals surface area contributed by atoms with Crippen molar-refractivity contribution in [3.05, 3.63) is 72.6 Å². The molecule has 2 aromatic carbocycles. The molecule has 0 bridgehead atoms. The number of para-hydroxylation sites is 1. The zero-order valence-electron chi connectivity index (χ0n) is 22.1. The Balaban J connectivity index is 1.47. The minimum atomic E-state index is -4.04. The van der Waals surface area contributed by atoms with Crippen LogP contribution < -0.4 is 10.5 Å². The lowest BCUT2D eigenvalue weighted by molar-refractivity contribution is -0.144. The molecule has 2 amide bonds. The smallest absolute Gasteiger partial charge is 0.404 e. The van der Waals surface area contributed by atoms with Crippen LogP contribution >= 0.6 is 0 Å². The van der Waals surface area contributed by atoms with Crippen LogP contribution in [0.1, 0.15) is 25.8 Å². The molecule has 0 unspecified atom stereocenters. The van der Waals surface area contributed by atoms with Gasteiger partial charge < -0.3 is 19.8 Å². The number of nitrogens with one attached hydrogen (secondary N) is 1. The number of Topliss-reactive ketones (excluding diaryl/α,β-unsaturated/α-hetero) is 1. The highest BCUT2D eigenvalue weighted by atomic mass is 32.2. The van der Waals surface area contributed by atoms with Gasteiger partial charge in [-0.3, -0.25) is 14.6 Å². The summed E-state index contributed by atoms with van der Waals surface area (Å²) in [5, 5.41) is 1.42. The van der Waals surface area contributed by atoms with Crippen LogP contribution in [0.15, 0.2) is 76.3 Å². The summed E-state index contributed by atoms with van der Waals surface area (Å²) >= 11 is 0. The van der Waals surface area contributed by atoms with Crippen LogP contribution in [0, 0.1) is 5.41 Å². The highest BCUT2D eigenvalue weighted by Gasteiger charge is 2.33. The summed E-state index contributed by atoms with van der Waals surface area (Å²) in [7, 11) is -4.04. The summed E-state index contributed by atoms with van der Waals surface area (Å²) in [6.45, 7) is 2.52. The number of ketones is 1. The predicted octanol–water partition coefficient (Wildman–Crippen LogP) is 3.37. The fraction of sp³-hybridized carbons (Fsp3) is 0.286. The lowest BCUT2D eigenvalue weighted by atomic mass is 9.87. The number of carbonyl (C=O) groups is 3. The topological polar surface area (TPSA) is 162 Å². The first kappa shape index (κ1) is 28.7. The number of fused-ring (bicyclic) bond motifs is 3. The molecule has 3 N–H and O–H groups in total. The normalized spacial score (nSPS) is 11.9. The Morgan fingerprint density at radius 1 is 1.02 bits per heavy atom. The molecule has 40 heavy (non-hydrogen) atoms. The van der Waals surface area contributed by atoms with Gasteiger partial charge in [0.1, 0.15) is 11.2 Å². The zero-order valence-corrected chi connectivity index (χ0v) is 22.9. The highest BCUT2D eigenvalue weighted by molar-refractivity contribution is 7.89. The van der Waals surface area contributed by atoms with Gasteiger partial charge in [0.15, 0.2) is 5.78 Å². The van der Waals surface area contributed by atoms with Crippen molar-refractivity contribution in [2.75, 3.05) is 19.7 Å². The number of nitrogens with two attached hydrogens (primary N) is 1. The van der Waals surface area contributed by atoms with Gasteiger partial charge in [0.25, 0.3) is 0 Å². The van der Waals surface area contributed by atoms with E-state index < -0.39 is 33.9 Å². The largest absolute Gasteiger partial charge is 0.456 e. The second kappa shape index (κ2) is 11.8. The van der Waals surface area contributed by atoms with Crippen molar-refractivity contribution in [3.63, 3.8) is 0 Å². The molecule has 2 aromatic heterocycles. The third-order valence-corrected chi connectivity index (χ3v) is 7.84. The maximum Gasteiger partial charge on any atom is 0.404 e. The van der Waals surface area contributed by atoms with Crippen molar-refractivity contribution in [1.29, 1.82) is 0 Å². The molecule has 210 valence electrons. The van der Waals surface area contributed by atoms with Gasteiger partial charge >= 0.3 is 6.09 Å². The SMILES string of the molecule is CC(C)(CCOC(N)=O)C(=O)N(CC(=O)CNS(=O)(=O)c1ccc2oc3ccccc3c2c1)Cc1ccncc1. The fourth-order valence-corrected chi connectivity index (χ4v) is 5.29. The molecule has 12 heteroatoms. The quantitative estimate of drug-likeness (QED) is 0.264. The average molecular weight is 567 g/mol. The monoisotopic (exact) mass is 566 g/mol. The molecule has 0 radical (unpaired) electrons. The van der Waals surface area contributed by atoms with Gasteiger partial charge in [-0.15, -0.1) is 0 Å². The summed E-state index contributed by atoms with van der Waals surface area (Å²) in [5.74, 6) is -0.879. The van der Waals surface area contributed by atoms with Gasteiger partial charge in [-0.05, 0) is 48.4 Å². The van der Waals surface area contributed by atoms with Crippen LogP contribution in [0.4, 0.5) is 4.79 Å². The second-order valence-corrected chi connectivity index (χ2v) is 11.7. The molecule has 0 saturated heterocycles. The van der Waals surface area contributed by atoms with Crippen LogP contribution in [0.2, 0.25) is 0 Å². The number of nitrogens with zero attached hydrogens (tertiary/aromatic N) is 2. The zero-order chi connectivity index (χ0) is 28.9. The first-order valence-electron chi connectivity index (χ1n) is 12.5. The number of pyridine rings is 1. The molecule has 0 saturated carbocycles. The van der Waals surface area contributed by atoms with Gasteiger partial charge in [-0.25, -0.2) is 17.9 Å². The number of ether oxygens (including phenoxy) is 1. The first-order valence-corrected chi connectivity index (χ1v) is 14.0. The van der Waals surface area contributed by atoms with E-state index in [-0.39, 0.29) is 36.9 Å². The highest BCUT2D eigenvalue weighted by Crippen LogP contribution is 2.30.